The second-order valence-corrected chi connectivity index (χ2v) is 9.84. The maximum absolute atomic E-state index is 6.40. The number of nitrogens with one attached hydrogen (secondary N) is 1. The van der Waals surface area contributed by atoms with E-state index >= 15 is 0 Å². The van der Waals surface area contributed by atoms with Crippen LogP contribution in [0, 0.1) is 13.8 Å². The minimum absolute atomic E-state index is 0.172. The molecule has 2 aromatic carbocycles. The molecule has 0 bridgehead atoms. The lowest BCUT2D eigenvalue weighted by Gasteiger charge is -2.28. The van der Waals surface area contributed by atoms with Crippen molar-refractivity contribution in [2.24, 2.45) is 0 Å². The van der Waals surface area contributed by atoms with Gasteiger partial charge in [0.1, 0.15) is 5.75 Å². The van der Waals surface area contributed by atoms with Crippen LogP contribution in [0.2, 0.25) is 5.02 Å². The number of thiocarbonyl (C=S) groups is 1. The smallest absolute Gasteiger partial charge is 0.231 e. The van der Waals surface area contributed by atoms with Crippen molar-refractivity contribution in [3.8, 4) is 22.9 Å². The average molecular weight is 533 g/mol. The molecule has 2 aromatic heterocycles. The number of nitrogens with zero attached hydrogens (tertiary/aromatic N) is 3. The first-order valence-electron chi connectivity index (χ1n) is 11.9. The predicted molar refractivity (Wildman–Crippen MR) is 147 cm³/mol. The number of methoxy groups -OCH3 is 1. The maximum Gasteiger partial charge on any atom is 0.231 e. The summed E-state index contributed by atoms with van der Waals surface area (Å²) in [5.74, 6) is 2.17. The fourth-order valence-electron chi connectivity index (χ4n) is 5.28. The van der Waals surface area contributed by atoms with E-state index in [0.29, 0.717) is 15.9 Å². The van der Waals surface area contributed by atoms with Crippen LogP contribution in [-0.2, 0) is 0 Å². The SMILES string of the molecule is COc1ccc(Cl)cc1-n1c(C)cc(C2C(c3ccccn3)NC(=S)N2c2ccc3c(c2)OCO3)c1C. The number of aromatic nitrogens is 2. The Bertz CT molecular complexity index is 1510. The van der Waals surface area contributed by atoms with Gasteiger partial charge in [-0.15, -0.1) is 0 Å². The Morgan fingerprint density at radius 2 is 1.89 bits per heavy atom. The molecule has 1 saturated heterocycles. The summed E-state index contributed by atoms with van der Waals surface area (Å²) in [7, 11) is 1.67. The number of aryl methyl sites for hydroxylation is 1. The van der Waals surface area contributed by atoms with Gasteiger partial charge in [0.2, 0.25) is 6.79 Å². The van der Waals surface area contributed by atoms with Crippen LogP contribution < -0.4 is 24.4 Å². The molecule has 6 rings (SSSR count). The van der Waals surface area contributed by atoms with Gasteiger partial charge in [0.15, 0.2) is 16.6 Å². The van der Waals surface area contributed by atoms with E-state index in [1.54, 1.807) is 13.3 Å². The third kappa shape index (κ3) is 3.97. The lowest BCUT2D eigenvalue weighted by atomic mass is 9.96. The molecule has 2 aliphatic heterocycles. The van der Waals surface area contributed by atoms with E-state index in [2.05, 4.69) is 39.7 Å². The number of pyridine rings is 1. The predicted octanol–water partition coefficient (Wildman–Crippen LogP) is 6.06. The molecule has 2 aliphatic rings. The number of fused-ring (bicyclic) bond motifs is 1. The summed E-state index contributed by atoms with van der Waals surface area (Å²) in [6.45, 7) is 4.40. The van der Waals surface area contributed by atoms with Crippen LogP contribution in [0.25, 0.3) is 5.69 Å². The van der Waals surface area contributed by atoms with E-state index in [0.717, 1.165) is 45.5 Å². The molecule has 1 N–H and O–H groups in total. The van der Waals surface area contributed by atoms with Crippen LogP contribution in [0.4, 0.5) is 5.69 Å². The topological polar surface area (TPSA) is 60.8 Å². The Hall–Kier alpha value is -3.75. The Labute approximate surface area is 225 Å². The van der Waals surface area contributed by atoms with Crippen LogP contribution in [0.3, 0.4) is 0 Å². The average Bonchev–Trinajstić information content (AvgIpc) is 3.59. The van der Waals surface area contributed by atoms with Crippen molar-refractivity contribution in [2.75, 3.05) is 18.8 Å². The van der Waals surface area contributed by atoms with E-state index in [4.69, 9.17) is 38.0 Å². The monoisotopic (exact) mass is 532 g/mol. The highest BCUT2D eigenvalue weighted by atomic mass is 35.5. The Morgan fingerprint density at radius 3 is 2.68 bits per heavy atom. The zero-order chi connectivity index (χ0) is 25.7. The summed E-state index contributed by atoms with van der Waals surface area (Å²) < 4.78 is 19.1. The third-order valence-corrected chi connectivity index (χ3v) is 7.45. The number of hydrogen-bond donors (Lipinski definition) is 1. The minimum atomic E-state index is -0.173. The summed E-state index contributed by atoms with van der Waals surface area (Å²) in [6.07, 6.45) is 1.81. The number of halogens is 1. The molecule has 188 valence electrons. The second-order valence-electron chi connectivity index (χ2n) is 9.01. The number of hydrogen-bond acceptors (Lipinski definition) is 5. The molecular weight excluding hydrogens is 508 g/mol. The van der Waals surface area contributed by atoms with E-state index < -0.39 is 0 Å². The van der Waals surface area contributed by atoms with E-state index in [-0.39, 0.29) is 18.9 Å². The van der Waals surface area contributed by atoms with Crippen molar-refractivity contribution in [1.82, 2.24) is 14.9 Å². The first-order chi connectivity index (χ1) is 18.0. The van der Waals surface area contributed by atoms with Crippen molar-refractivity contribution in [3.63, 3.8) is 0 Å². The first-order valence-corrected chi connectivity index (χ1v) is 12.7. The van der Waals surface area contributed by atoms with Crippen LogP contribution in [0.15, 0.2) is 66.9 Å². The van der Waals surface area contributed by atoms with Crippen molar-refractivity contribution in [3.05, 3.63) is 94.5 Å². The maximum atomic E-state index is 6.40. The van der Waals surface area contributed by atoms with Gasteiger partial charge in [0.05, 0.1) is 30.6 Å². The van der Waals surface area contributed by atoms with Crippen molar-refractivity contribution in [2.45, 2.75) is 25.9 Å². The molecule has 4 heterocycles. The molecule has 0 spiro atoms. The lowest BCUT2D eigenvalue weighted by molar-refractivity contribution is 0.174. The summed E-state index contributed by atoms with van der Waals surface area (Å²) >= 11 is 12.3. The standard InChI is InChI=1S/C28H25ClN4O3S/c1-16-12-20(17(2)32(16)22-13-18(29)7-9-23(22)34-3)27-26(21-6-4-5-11-30-21)31-28(37)33(27)19-8-10-24-25(14-19)36-15-35-24/h4-14,26-27H,15H2,1-3H3,(H,31,37). The van der Waals surface area contributed by atoms with Crippen LogP contribution in [0.1, 0.15) is 34.7 Å². The van der Waals surface area contributed by atoms with Gasteiger partial charge in [0.25, 0.3) is 0 Å². The van der Waals surface area contributed by atoms with Gasteiger partial charge < -0.3 is 29.0 Å². The van der Waals surface area contributed by atoms with Gasteiger partial charge >= 0.3 is 0 Å². The number of rotatable bonds is 5. The van der Waals surface area contributed by atoms with Crippen LogP contribution in [-0.4, -0.2) is 28.6 Å². The van der Waals surface area contributed by atoms with Crippen LogP contribution >= 0.6 is 23.8 Å². The Kier molecular flexibility index (Phi) is 5.93. The normalized spacial score (nSPS) is 18.3. The molecule has 0 aliphatic carbocycles. The molecular formula is C28H25ClN4O3S. The van der Waals surface area contributed by atoms with Gasteiger partial charge in [-0.05, 0) is 80.2 Å². The Morgan fingerprint density at radius 1 is 1.05 bits per heavy atom. The molecule has 37 heavy (non-hydrogen) atoms. The molecule has 2 atom stereocenters. The molecule has 1 fully saturated rings. The largest absolute Gasteiger partial charge is 0.495 e. The van der Waals surface area contributed by atoms with Crippen molar-refractivity contribution < 1.29 is 14.2 Å². The molecule has 7 nitrogen and oxygen atoms in total. The van der Waals surface area contributed by atoms with Gasteiger partial charge in [-0.2, -0.15) is 0 Å². The van der Waals surface area contributed by atoms with Gasteiger partial charge in [-0.25, -0.2) is 0 Å². The number of ether oxygens (including phenoxy) is 3. The van der Waals surface area contributed by atoms with Crippen molar-refractivity contribution in [1.29, 1.82) is 0 Å². The number of benzene rings is 2. The fraction of sp³-hybridized carbons (Fsp3) is 0.214. The molecule has 2 unspecified atom stereocenters. The molecule has 0 radical (unpaired) electrons. The van der Waals surface area contributed by atoms with Gasteiger partial charge in [-0.1, -0.05) is 17.7 Å². The highest BCUT2D eigenvalue weighted by Gasteiger charge is 2.42. The van der Waals surface area contributed by atoms with E-state index in [9.17, 15) is 0 Å². The summed E-state index contributed by atoms with van der Waals surface area (Å²) in [5, 5.41) is 4.79. The van der Waals surface area contributed by atoms with Crippen molar-refractivity contribution >= 4 is 34.6 Å². The molecule has 4 aromatic rings. The molecule has 0 amide bonds. The third-order valence-electron chi connectivity index (χ3n) is 6.90. The highest BCUT2D eigenvalue weighted by Crippen LogP contribution is 2.46. The lowest BCUT2D eigenvalue weighted by Crippen LogP contribution is -2.29. The van der Waals surface area contributed by atoms with Gasteiger partial charge in [-0.3, -0.25) is 4.98 Å². The zero-order valence-electron chi connectivity index (χ0n) is 20.6. The summed E-state index contributed by atoms with van der Waals surface area (Å²) in [6, 6.07) is 19.3. The van der Waals surface area contributed by atoms with E-state index in [1.807, 2.05) is 54.6 Å². The Balaban J connectivity index is 1.53. The first kappa shape index (κ1) is 23.6. The summed E-state index contributed by atoms with van der Waals surface area (Å²) in [4.78, 5) is 6.81. The van der Waals surface area contributed by atoms with Crippen LogP contribution in [0.5, 0.6) is 17.2 Å². The summed E-state index contributed by atoms with van der Waals surface area (Å²) in [5.41, 5.74) is 5.92. The molecule has 9 heteroatoms. The van der Waals surface area contributed by atoms with E-state index in [1.165, 1.54) is 0 Å². The second kappa shape index (κ2) is 9.28. The van der Waals surface area contributed by atoms with Gasteiger partial charge in [0, 0.05) is 34.4 Å². The molecule has 0 saturated carbocycles. The highest BCUT2D eigenvalue weighted by molar-refractivity contribution is 7.80. The zero-order valence-corrected chi connectivity index (χ0v) is 22.1. The quantitative estimate of drug-likeness (QED) is 0.314. The fourth-order valence-corrected chi connectivity index (χ4v) is 5.79. The number of anilines is 1. The minimum Gasteiger partial charge on any atom is -0.495 e.